The molecule has 2 aromatic carbocycles. The Morgan fingerprint density at radius 2 is 1.73 bits per heavy atom. The predicted octanol–water partition coefficient (Wildman–Crippen LogP) is 4.01. The number of rotatable bonds is 6. The van der Waals surface area contributed by atoms with Crippen LogP contribution in [-0.2, 0) is 0 Å². The van der Waals surface area contributed by atoms with Gasteiger partial charge in [-0.2, -0.15) is 0 Å². The fourth-order valence-corrected chi connectivity index (χ4v) is 3.53. The smallest absolute Gasteiger partial charge is 0.255 e. The first-order valence-electron chi connectivity index (χ1n) is 9.90. The third-order valence-corrected chi connectivity index (χ3v) is 5.14. The summed E-state index contributed by atoms with van der Waals surface area (Å²) in [4.78, 5) is 14.9. The largest absolute Gasteiger partial charge is 0.493 e. The number of amides is 1. The van der Waals surface area contributed by atoms with E-state index in [1.807, 2.05) is 36.4 Å². The van der Waals surface area contributed by atoms with Crippen LogP contribution in [-0.4, -0.2) is 43.4 Å². The summed E-state index contributed by atoms with van der Waals surface area (Å²) in [7, 11) is 3.10. The summed E-state index contributed by atoms with van der Waals surface area (Å²) in [6.07, 6.45) is 2.40. The molecule has 1 amide bonds. The van der Waals surface area contributed by atoms with E-state index in [1.165, 1.54) is 12.8 Å². The first-order valence-corrected chi connectivity index (χ1v) is 9.90. The zero-order valence-electron chi connectivity index (χ0n) is 17.1. The zero-order valence-corrected chi connectivity index (χ0v) is 17.1. The fourth-order valence-electron chi connectivity index (χ4n) is 3.53. The Bertz CT molecular complexity index is 1030. The molecular formula is C23H24N4O3. The number of hydrogen-bond acceptors (Lipinski definition) is 6. The van der Waals surface area contributed by atoms with E-state index in [4.69, 9.17) is 9.47 Å². The molecule has 1 saturated heterocycles. The lowest BCUT2D eigenvalue weighted by Gasteiger charge is -2.15. The maximum absolute atomic E-state index is 12.7. The van der Waals surface area contributed by atoms with Gasteiger partial charge in [0.2, 0.25) is 0 Å². The predicted molar refractivity (Wildman–Crippen MR) is 116 cm³/mol. The Morgan fingerprint density at radius 3 is 2.43 bits per heavy atom. The van der Waals surface area contributed by atoms with Crippen molar-refractivity contribution in [2.75, 3.05) is 37.5 Å². The van der Waals surface area contributed by atoms with Gasteiger partial charge in [0.1, 0.15) is 0 Å². The molecule has 1 N–H and O–H groups in total. The molecule has 1 aromatic heterocycles. The van der Waals surface area contributed by atoms with Crippen molar-refractivity contribution in [2.45, 2.75) is 12.8 Å². The molecule has 1 aliphatic rings. The molecule has 3 aromatic rings. The van der Waals surface area contributed by atoms with Crippen LogP contribution in [0.4, 0.5) is 11.5 Å². The normalized spacial score (nSPS) is 13.2. The van der Waals surface area contributed by atoms with Crippen molar-refractivity contribution < 1.29 is 14.3 Å². The summed E-state index contributed by atoms with van der Waals surface area (Å²) >= 11 is 0. The SMILES string of the molecule is COc1ccc(C(=O)Nc2cccc(-c3ccc(N4CCCC4)nn3)c2)cc1OC. The molecule has 7 nitrogen and oxygen atoms in total. The lowest BCUT2D eigenvalue weighted by atomic mass is 10.1. The van der Waals surface area contributed by atoms with Gasteiger partial charge in [0, 0.05) is 29.9 Å². The highest BCUT2D eigenvalue weighted by molar-refractivity contribution is 6.04. The topological polar surface area (TPSA) is 76.6 Å². The van der Waals surface area contributed by atoms with Crippen LogP contribution in [0.3, 0.4) is 0 Å². The number of carbonyl (C=O) groups excluding carboxylic acids is 1. The molecule has 0 saturated carbocycles. The van der Waals surface area contributed by atoms with Crippen molar-refractivity contribution in [1.82, 2.24) is 10.2 Å². The fraction of sp³-hybridized carbons (Fsp3) is 0.261. The third-order valence-electron chi connectivity index (χ3n) is 5.14. The van der Waals surface area contributed by atoms with E-state index in [9.17, 15) is 4.79 Å². The molecule has 0 unspecified atom stereocenters. The van der Waals surface area contributed by atoms with Crippen molar-refractivity contribution in [2.24, 2.45) is 0 Å². The second-order valence-corrected chi connectivity index (χ2v) is 7.08. The Morgan fingerprint density at radius 1 is 0.933 bits per heavy atom. The highest BCUT2D eigenvalue weighted by Gasteiger charge is 2.15. The summed E-state index contributed by atoms with van der Waals surface area (Å²) in [6, 6.07) is 16.6. The molecule has 154 valence electrons. The average molecular weight is 404 g/mol. The van der Waals surface area contributed by atoms with Gasteiger partial charge in [-0.15, -0.1) is 10.2 Å². The van der Waals surface area contributed by atoms with Crippen LogP contribution in [0.1, 0.15) is 23.2 Å². The monoisotopic (exact) mass is 404 g/mol. The van der Waals surface area contributed by atoms with Crippen LogP contribution in [0.5, 0.6) is 11.5 Å². The lowest BCUT2D eigenvalue weighted by Crippen LogP contribution is -2.19. The van der Waals surface area contributed by atoms with Crippen LogP contribution < -0.4 is 19.7 Å². The number of benzene rings is 2. The molecule has 0 atom stereocenters. The molecule has 0 radical (unpaired) electrons. The molecule has 7 heteroatoms. The van der Waals surface area contributed by atoms with Crippen molar-refractivity contribution in [1.29, 1.82) is 0 Å². The second-order valence-electron chi connectivity index (χ2n) is 7.08. The standard InChI is InChI=1S/C23H24N4O3/c1-29-20-10-8-17(15-21(20)30-2)23(28)24-18-7-5-6-16(14-18)19-9-11-22(26-25-19)27-12-3-4-13-27/h5-11,14-15H,3-4,12-13H2,1-2H3,(H,24,28). The molecule has 0 aliphatic carbocycles. The lowest BCUT2D eigenvalue weighted by molar-refractivity contribution is 0.102. The molecule has 2 heterocycles. The van der Waals surface area contributed by atoms with Crippen molar-refractivity contribution in [3.05, 3.63) is 60.2 Å². The number of hydrogen-bond donors (Lipinski definition) is 1. The molecule has 1 aliphatic heterocycles. The van der Waals surface area contributed by atoms with Gasteiger partial charge in [-0.1, -0.05) is 12.1 Å². The van der Waals surface area contributed by atoms with E-state index in [2.05, 4.69) is 20.4 Å². The van der Waals surface area contributed by atoms with E-state index in [0.717, 1.165) is 30.2 Å². The number of methoxy groups -OCH3 is 2. The van der Waals surface area contributed by atoms with Gasteiger partial charge >= 0.3 is 0 Å². The maximum atomic E-state index is 12.7. The van der Waals surface area contributed by atoms with E-state index in [1.54, 1.807) is 32.4 Å². The first kappa shape index (κ1) is 19.7. The molecule has 30 heavy (non-hydrogen) atoms. The molecule has 0 spiro atoms. The van der Waals surface area contributed by atoms with Crippen LogP contribution >= 0.6 is 0 Å². The van der Waals surface area contributed by atoms with E-state index in [0.29, 0.717) is 22.7 Å². The minimum absolute atomic E-state index is 0.233. The van der Waals surface area contributed by atoms with Gasteiger partial charge in [0.15, 0.2) is 17.3 Å². The Hall–Kier alpha value is -3.61. The maximum Gasteiger partial charge on any atom is 0.255 e. The van der Waals surface area contributed by atoms with Crippen molar-refractivity contribution >= 4 is 17.4 Å². The van der Waals surface area contributed by atoms with E-state index in [-0.39, 0.29) is 5.91 Å². The van der Waals surface area contributed by atoms with Crippen LogP contribution in [0.15, 0.2) is 54.6 Å². The highest BCUT2D eigenvalue weighted by Crippen LogP contribution is 2.28. The van der Waals surface area contributed by atoms with Gasteiger partial charge < -0.3 is 19.7 Å². The Balaban J connectivity index is 1.50. The van der Waals surface area contributed by atoms with Gasteiger partial charge in [-0.3, -0.25) is 4.79 Å². The van der Waals surface area contributed by atoms with Crippen molar-refractivity contribution in [3.63, 3.8) is 0 Å². The second kappa shape index (κ2) is 8.82. The molecule has 0 bridgehead atoms. The number of nitrogens with one attached hydrogen (secondary N) is 1. The molecular weight excluding hydrogens is 380 g/mol. The summed E-state index contributed by atoms with van der Waals surface area (Å²) in [6.45, 7) is 2.07. The summed E-state index contributed by atoms with van der Waals surface area (Å²) in [5, 5.41) is 11.7. The van der Waals surface area contributed by atoms with Gasteiger partial charge in [0.05, 0.1) is 19.9 Å². The summed E-state index contributed by atoms with van der Waals surface area (Å²) < 4.78 is 10.5. The quantitative estimate of drug-likeness (QED) is 0.669. The number of carbonyl (C=O) groups is 1. The van der Waals surface area contributed by atoms with Gasteiger partial charge in [-0.25, -0.2) is 0 Å². The van der Waals surface area contributed by atoms with Crippen LogP contribution in [0, 0.1) is 0 Å². The van der Waals surface area contributed by atoms with Crippen LogP contribution in [0.25, 0.3) is 11.3 Å². The Kier molecular flexibility index (Phi) is 5.79. The van der Waals surface area contributed by atoms with Gasteiger partial charge in [0.25, 0.3) is 5.91 Å². The Labute approximate surface area is 175 Å². The minimum atomic E-state index is -0.233. The van der Waals surface area contributed by atoms with Crippen molar-refractivity contribution in [3.8, 4) is 22.8 Å². The van der Waals surface area contributed by atoms with E-state index >= 15 is 0 Å². The summed E-state index contributed by atoms with van der Waals surface area (Å²) in [5.74, 6) is 1.76. The number of ether oxygens (including phenoxy) is 2. The number of anilines is 2. The van der Waals surface area contributed by atoms with Gasteiger partial charge in [-0.05, 0) is 55.3 Å². The van der Waals surface area contributed by atoms with E-state index < -0.39 is 0 Å². The number of aromatic nitrogens is 2. The molecule has 4 rings (SSSR count). The zero-order chi connectivity index (χ0) is 20.9. The average Bonchev–Trinajstić information content (AvgIpc) is 3.34. The highest BCUT2D eigenvalue weighted by atomic mass is 16.5. The summed E-state index contributed by atoms with van der Waals surface area (Å²) in [5.41, 5.74) is 2.81. The number of nitrogens with zero attached hydrogens (tertiary/aromatic N) is 3. The minimum Gasteiger partial charge on any atom is -0.493 e. The third kappa shape index (κ3) is 4.20. The first-order chi connectivity index (χ1) is 14.7. The molecule has 1 fully saturated rings. The van der Waals surface area contributed by atoms with Crippen LogP contribution in [0.2, 0.25) is 0 Å².